The first-order valence-corrected chi connectivity index (χ1v) is 6.22. The zero-order chi connectivity index (χ0) is 15.1. The van der Waals surface area contributed by atoms with Crippen LogP contribution in [0.25, 0.3) is 0 Å². The highest BCUT2D eigenvalue weighted by atomic mass is 17.1. The highest BCUT2D eigenvalue weighted by Gasteiger charge is 2.42. The van der Waals surface area contributed by atoms with Crippen LogP contribution in [0.3, 0.4) is 0 Å². The number of rotatable bonds is 1. The Bertz CT molecular complexity index is 459. The van der Waals surface area contributed by atoms with Gasteiger partial charge in [-0.25, -0.2) is 10.1 Å². The Morgan fingerprint density at radius 3 is 1.68 bits per heavy atom. The summed E-state index contributed by atoms with van der Waals surface area (Å²) in [5, 5.41) is 18.3. The number of Topliss-reactive ketones (excluding diaryl/α,β-unsaturated/α-hetero) is 1. The first-order chi connectivity index (χ1) is 8.47. The molecular weight excluding hydrogens is 242 g/mol. The average Bonchev–Trinajstić information content (AvgIpc) is 2.27. The Hall–Kier alpha value is -1.44. The summed E-state index contributed by atoms with van der Waals surface area (Å²) in [6.45, 7) is 11.3. The number of carbonyl (C=O) groups excluding carboxylic acids is 1. The van der Waals surface area contributed by atoms with Crippen LogP contribution in [0.2, 0.25) is 0 Å². The van der Waals surface area contributed by atoms with Crippen molar-refractivity contribution >= 4 is 5.78 Å². The van der Waals surface area contributed by atoms with E-state index in [2.05, 4.69) is 4.89 Å². The van der Waals surface area contributed by atoms with E-state index >= 15 is 0 Å². The van der Waals surface area contributed by atoms with Crippen molar-refractivity contribution in [2.24, 2.45) is 10.8 Å². The van der Waals surface area contributed by atoms with Crippen molar-refractivity contribution in [3.63, 3.8) is 0 Å². The van der Waals surface area contributed by atoms with Crippen LogP contribution in [-0.4, -0.2) is 16.6 Å². The summed E-state index contributed by atoms with van der Waals surface area (Å²) in [5.41, 5.74) is -1.48. The molecule has 0 aromatic rings. The van der Waals surface area contributed by atoms with Crippen LogP contribution >= 0.6 is 0 Å². The van der Waals surface area contributed by atoms with E-state index in [1.54, 1.807) is 0 Å². The largest absolute Gasteiger partial charge is 0.289 e. The molecule has 4 nitrogen and oxygen atoms in total. The van der Waals surface area contributed by atoms with Gasteiger partial charge in [-0.15, -0.1) is 0 Å². The molecule has 0 amide bonds. The van der Waals surface area contributed by atoms with Gasteiger partial charge in [-0.1, -0.05) is 41.5 Å². The van der Waals surface area contributed by atoms with E-state index in [0.717, 1.165) is 0 Å². The van der Waals surface area contributed by atoms with Gasteiger partial charge in [0.15, 0.2) is 5.78 Å². The van der Waals surface area contributed by atoms with E-state index < -0.39 is 16.4 Å². The van der Waals surface area contributed by atoms with Gasteiger partial charge in [0.1, 0.15) is 6.07 Å². The minimum Gasteiger partial charge on any atom is -0.289 e. The van der Waals surface area contributed by atoms with Gasteiger partial charge in [-0.2, -0.15) is 5.26 Å². The maximum Gasteiger partial charge on any atom is 0.226 e. The fourth-order valence-corrected chi connectivity index (χ4v) is 2.00. The highest BCUT2D eigenvalue weighted by Crippen LogP contribution is 2.40. The van der Waals surface area contributed by atoms with Crippen LogP contribution in [0, 0.1) is 22.2 Å². The van der Waals surface area contributed by atoms with Crippen LogP contribution in [0.5, 0.6) is 0 Å². The minimum atomic E-state index is -1.58. The smallest absolute Gasteiger partial charge is 0.226 e. The first kappa shape index (κ1) is 15.6. The second-order valence-corrected chi connectivity index (χ2v) is 6.94. The third kappa shape index (κ3) is 2.94. The lowest BCUT2D eigenvalue weighted by molar-refractivity contribution is -0.277. The summed E-state index contributed by atoms with van der Waals surface area (Å²) < 4.78 is 0. The third-order valence-electron chi connectivity index (χ3n) is 3.15. The lowest BCUT2D eigenvalue weighted by Crippen LogP contribution is -2.37. The van der Waals surface area contributed by atoms with Crippen LogP contribution < -0.4 is 0 Å². The van der Waals surface area contributed by atoms with E-state index in [1.807, 2.05) is 47.6 Å². The molecule has 0 aromatic heterocycles. The predicted octanol–water partition coefficient (Wildman–Crippen LogP) is 3.27. The fourth-order valence-electron chi connectivity index (χ4n) is 2.00. The molecule has 1 aliphatic rings. The Labute approximate surface area is 114 Å². The molecule has 1 rings (SSSR count). The molecule has 0 unspecified atom stereocenters. The summed E-state index contributed by atoms with van der Waals surface area (Å²) in [6.07, 6.45) is 2.81. The average molecular weight is 263 g/mol. The maximum atomic E-state index is 12.6. The van der Waals surface area contributed by atoms with Gasteiger partial charge < -0.3 is 0 Å². The van der Waals surface area contributed by atoms with Gasteiger partial charge in [0, 0.05) is 11.1 Å². The second kappa shape index (κ2) is 4.59. The standard InChI is InChI=1S/C15H21NO3/c1-13(2,3)10-7-15(9-16,19-18)8-11(12(10)17)14(4,5)6/h7-8,18H,1-6H3. The van der Waals surface area contributed by atoms with E-state index in [1.165, 1.54) is 12.2 Å². The second-order valence-electron chi connectivity index (χ2n) is 6.94. The number of carbonyl (C=O) groups is 1. The molecule has 0 aliphatic heterocycles. The molecule has 0 aromatic carbocycles. The predicted molar refractivity (Wildman–Crippen MR) is 72.1 cm³/mol. The summed E-state index contributed by atoms with van der Waals surface area (Å²) in [5.74, 6) is -0.0945. The molecule has 0 bridgehead atoms. The van der Waals surface area contributed by atoms with Crippen molar-refractivity contribution in [2.45, 2.75) is 47.1 Å². The summed E-state index contributed by atoms with van der Waals surface area (Å²) in [7, 11) is 0. The monoisotopic (exact) mass is 263 g/mol. The molecule has 0 fully saturated rings. The minimum absolute atomic E-state index is 0.0945. The Balaban J connectivity index is 3.53. The number of nitriles is 1. The van der Waals surface area contributed by atoms with Crippen molar-refractivity contribution in [3.8, 4) is 6.07 Å². The molecule has 19 heavy (non-hydrogen) atoms. The first-order valence-electron chi connectivity index (χ1n) is 6.22. The lowest BCUT2D eigenvalue weighted by Gasteiger charge is -2.34. The molecule has 0 heterocycles. The highest BCUT2D eigenvalue weighted by molar-refractivity contribution is 6.11. The van der Waals surface area contributed by atoms with Gasteiger partial charge in [0.2, 0.25) is 5.60 Å². The van der Waals surface area contributed by atoms with Crippen molar-refractivity contribution < 1.29 is 14.9 Å². The molecule has 104 valence electrons. The van der Waals surface area contributed by atoms with Crippen LogP contribution in [-0.2, 0) is 9.68 Å². The quantitative estimate of drug-likeness (QED) is 0.582. The Kier molecular flexibility index (Phi) is 3.77. The van der Waals surface area contributed by atoms with E-state index in [9.17, 15) is 10.1 Å². The molecule has 4 heteroatoms. The topological polar surface area (TPSA) is 70.3 Å². The van der Waals surface area contributed by atoms with Gasteiger partial charge in [-0.05, 0) is 23.0 Å². The number of nitrogens with zero attached hydrogens (tertiary/aromatic N) is 1. The number of hydrogen-bond acceptors (Lipinski definition) is 4. The molecule has 0 saturated heterocycles. The van der Waals surface area contributed by atoms with Crippen LogP contribution in [0.4, 0.5) is 0 Å². The van der Waals surface area contributed by atoms with Crippen LogP contribution in [0.1, 0.15) is 41.5 Å². The Morgan fingerprint density at radius 1 is 1.11 bits per heavy atom. The normalized spacial score (nSPS) is 19.6. The molecule has 1 N–H and O–H groups in total. The molecule has 0 spiro atoms. The summed E-state index contributed by atoms with van der Waals surface area (Å²) >= 11 is 0. The van der Waals surface area contributed by atoms with Crippen molar-refractivity contribution in [1.82, 2.24) is 0 Å². The Morgan fingerprint density at radius 2 is 1.47 bits per heavy atom. The van der Waals surface area contributed by atoms with E-state index in [-0.39, 0.29) is 5.78 Å². The van der Waals surface area contributed by atoms with Crippen molar-refractivity contribution in [3.05, 3.63) is 23.3 Å². The van der Waals surface area contributed by atoms with E-state index in [0.29, 0.717) is 11.1 Å². The molecule has 0 atom stereocenters. The van der Waals surface area contributed by atoms with Crippen molar-refractivity contribution in [1.29, 1.82) is 5.26 Å². The van der Waals surface area contributed by atoms with Gasteiger partial charge >= 0.3 is 0 Å². The van der Waals surface area contributed by atoms with E-state index in [4.69, 9.17) is 5.26 Å². The number of ketones is 1. The van der Waals surface area contributed by atoms with Crippen molar-refractivity contribution in [2.75, 3.05) is 0 Å². The van der Waals surface area contributed by atoms with Crippen LogP contribution in [0.15, 0.2) is 23.3 Å². The number of hydrogen-bond donors (Lipinski definition) is 1. The molecule has 1 aliphatic carbocycles. The molecule has 0 radical (unpaired) electrons. The summed E-state index contributed by atoms with van der Waals surface area (Å²) in [4.78, 5) is 16.9. The number of allylic oxidation sites excluding steroid dienone is 2. The molecule has 0 saturated carbocycles. The SMILES string of the molecule is CC(C)(C)C1=CC(C#N)(OO)C=C(C(C)(C)C)C1=O. The molecular formula is C15H21NO3. The zero-order valence-corrected chi connectivity index (χ0v) is 12.4. The van der Waals surface area contributed by atoms with Gasteiger partial charge in [0.25, 0.3) is 0 Å². The summed E-state index contributed by atoms with van der Waals surface area (Å²) in [6, 6.07) is 1.91. The van der Waals surface area contributed by atoms with Gasteiger partial charge in [0.05, 0.1) is 0 Å². The zero-order valence-electron chi connectivity index (χ0n) is 12.4. The fraction of sp³-hybridized carbons (Fsp3) is 0.600. The maximum absolute atomic E-state index is 12.6. The lowest BCUT2D eigenvalue weighted by atomic mass is 9.70. The van der Waals surface area contributed by atoms with Gasteiger partial charge in [-0.3, -0.25) is 4.79 Å². The third-order valence-corrected chi connectivity index (χ3v) is 3.15.